The van der Waals surface area contributed by atoms with Gasteiger partial charge in [-0.05, 0) is 43.9 Å². The van der Waals surface area contributed by atoms with Gasteiger partial charge in [-0.25, -0.2) is 0 Å². The number of ether oxygens (including phenoxy) is 1. The first-order chi connectivity index (χ1) is 6.68. The number of fused-ring (bicyclic) bond motifs is 1. The zero-order valence-electron chi connectivity index (χ0n) is 8.79. The summed E-state index contributed by atoms with van der Waals surface area (Å²) in [6.45, 7) is 4.10. The molecule has 2 heteroatoms. The molecule has 0 saturated carbocycles. The van der Waals surface area contributed by atoms with Gasteiger partial charge in [0.1, 0.15) is 5.75 Å². The topological polar surface area (TPSA) is 35.2 Å². The van der Waals surface area contributed by atoms with Gasteiger partial charge >= 0.3 is 0 Å². The highest BCUT2D eigenvalue weighted by molar-refractivity contribution is 5.44. The Hall–Kier alpha value is -1.02. The van der Waals surface area contributed by atoms with Crippen LogP contribution in [0.15, 0.2) is 18.2 Å². The predicted octanol–water partition coefficient (Wildman–Crippen LogP) is 2.42. The molecule has 2 rings (SSSR count). The molecule has 0 bridgehead atoms. The quantitative estimate of drug-likeness (QED) is 0.779. The molecule has 2 nitrogen and oxygen atoms in total. The first-order valence-corrected chi connectivity index (χ1v) is 5.22. The van der Waals surface area contributed by atoms with Crippen LogP contribution in [0.5, 0.6) is 5.75 Å². The van der Waals surface area contributed by atoms with Crippen LogP contribution in [-0.2, 0) is 6.42 Å². The molecule has 0 fully saturated rings. The molecular weight excluding hydrogens is 174 g/mol. The molecule has 2 N–H and O–H groups in total. The van der Waals surface area contributed by atoms with Gasteiger partial charge in [0.15, 0.2) is 0 Å². The predicted molar refractivity (Wildman–Crippen MR) is 57.5 cm³/mol. The maximum atomic E-state index is 5.99. The van der Waals surface area contributed by atoms with Crippen molar-refractivity contribution >= 4 is 0 Å². The van der Waals surface area contributed by atoms with E-state index in [0.29, 0.717) is 0 Å². The van der Waals surface area contributed by atoms with Crippen molar-refractivity contribution in [3.8, 4) is 5.75 Å². The summed E-state index contributed by atoms with van der Waals surface area (Å²) in [6, 6.07) is 6.39. The fourth-order valence-electron chi connectivity index (χ4n) is 2.02. The van der Waals surface area contributed by atoms with Gasteiger partial charge in [0, 0.05) is 6.04 Å². The summed E-state index contributed by atoms with van der Waals surface area (Å²) in [7, 11) is 0. The summed E-state index contributed by atoms with van der Waals surface area (Å²) in [5, 5.41) is 0. The van der Waals surface area contributed by atoms with Crippen LogP contribution in [0.2, 0.25) is 0 Å². The molecule has 0 heterocycles. The standard InChI is InChI=1S/C12H17NO/c1-8(2)14-12-5-3-4-9-10(12)6-7-11(9)13/h3-5,8,11H,6-7,13H2,1-2H3. The normalized spacial score (nSPS) is 19.9. The van der Waals surface area contributed by atoms with Crippen LogP contribution in [0.3, 0.4) is 0 Å². The molecule has 0 aliphatic heterocycles. The Bertz CT molecular complexity index is 333. The van der Waals surface area contributed by atoms with Crippen molar-refractivity contribution in [2.24, 2.45) is 5.73 Å². The molecule has 0 aromatic heterocycles. The average Bonchev–Trinajstić information content (AvgIpc) is 2.49. The summed E-state index contributed by atoms with van der Waals surface area (Å²) in [5.74, 6) is 1.02. The summed E-state index contributed by atoms with van der Waals surface area (Å²) >= 11 is 0. The summed E-state index contributed by atoms with van der Waals surface area (Å²) in [5.41, 5.74) is 8.57. The molecule has 14 heavy (non-hydrogen) atoms. The molecule has 0 amide bonds. The third-order valence-corrected chi connectivity index (χ3v) is 2.64. The van der Waals surface area contributed by atoms with E-state index in [9.17, 15) is 0 Å². The second-order valence-corrected chi connectivity index (χ2v) is 4.14. The number of benzene rings is 1. The van der Waals surface area contributed by atoms with Gasteiger partial charge in [-0.2, -0.15) is 0 Å². The summed E-state index contributed by atoms with van der Waals surface area (Å²) in [4.78, 5) is 0. The molecule has 1 aliphatic carbocycles. The van der Waals surface area contributed by atoms with Crippen molar-refractivity contribution in [3.05, 3.63) is 29.3 Å². The minimum atomic E-state index is 0.209. The maximum Gasteiger partial charge on any atom is 0.123 e. The largest absolute Gasteiger partial charge is 0.491 e. The molecule has 1 aromatic rings. The number of nitrogens with two attached hydrogens (primary N) is 1. The molecule has 1 unspecified atom stereocenters. The lowest BCUT2D eigenvalue weighted by Gasteiger charge is -2.14. The summed E-state index contributed by atoms with van der Waals surface area (Å²) < 4.78 is 5.75. The first kappa shape index (κ1) is 9.53. The minimum absolute atomic E-state index is 0.209. The average molecular weight is 191 g/mol. The van der Waals surface area contributed by atoms with Gasteiger partial charge in [0.05, 0.1) is 6.10 Å². The third kappa shape index (κ3) is 1.62. The fourth-order valence-corrected chi connectivity index (χ4v) is 2.02. The lowest BCUT2D eigenvalue weighted by molar-refractivity contribution is 0.240. The number of hydrogen-bond acceptors (Lipinski definition) is 2. The first-order valence-electron chi connectivity index (χ1n) is 5.22. The molecule has 1 aliphatic rings. The van der Waals surface area contributed by atoms with Crippen LogP contribution in [0, 0.1) is 0 Å². The smallest absolute Gasteiger partial charge is 0.123 e. The fraction of sp³-hybridized carbons (Fsp3) is 0.500. The lowest BCUT2D eigenvalue weighted by Crippen LogP contribution is -2.08. The van der Waals surface area contributed by atoms with Crippen molar-refractivity contribution in [1.82, 2.24) is 0 Å². The van der Waals surface area contributed by atoms with Crippen LogP contribution < -0.4 is 10.5 Å². The molecular formula is C12H17NO. The van der Waals surface area contributed by atoms with Crippen LogP contribution in [0.25, 0.3) is 0 Å². The molecule has 0 saturated heterocycles. The van der Waals surface area contributed by atoms with E-state index < -0.39 is 0 Å². The zero-order valence-corrected chi connectivity index (χ0v) is 8.79. The van der Waals surface area contributed by atoms with Crippen LogP contribution in [0.1, 0.15) is 37.4 Å². The van der Waals surface area contributed by atoms with E-state index in [1.54, 1.807) is 0 Å². The Morgan fingerprint density at radius 3 is 2.93 bits per heavy atom. The second-order valence-electron chi connectivity index (χ2n) is 4.14. The van der Waals surface area contributed by atoms with Crippen molar-refractivity contribution in [3.63, 3.8) is 0 Å². The zero-order chi connectivity index (χ0) is 10.1. The van der Waals surface area contributed by atoms with E-state index in [2.05, 4.69) is 6.07 Å². The van der Waals surface area contributed by atoms with Crippen molar-refractivity contribution in [1.29, 1.82) is 0 Å². The number of hydrogen-bond donors (Lipinski definition) is 1. The minimum Gasteiger partial charge on any atom is -0.491 e. The van der Waals surface area contributed by atoms with Crippen molar-refractivity contribution < 1.29 is 4.74 Å². The molecule has 76 valence electrons. The monoisotopic (exact) mass is 191 g/mol. The molecule has 1 aromatic carbocycles. The molecule has 0 spiro atoms. The van der Waals surface area contributed by atoms with E-state index in [1.165, 1.54) is 11.1 Å². The second kappa shape index (κ2) is 3.62. The van der Waals surface area contributed by atoms with Gasteiger partial charge in [-0.1, -0.05) is 12.1 Å². The highest BCUT2D eigenvalue weighted by Gasteiger charge is 2.22. The van der Waals surface area contributed by atoms with Crippen LogP contribution in [0.4, 0.5) is 0 Å². The Kier molecular flexibility index (Phi) is 2.46. The highest BCUT2D eigenvalue weighted by Crippen LogP contribution is 2.35. The Labute approximate surface area is 85.1 Å². The third-order valence-electron chi connectivity index (χ3n) is 2.64. The van der Waals surface area contributed by atoms with Crippen LogP contribution >= 0.6 is 0 Å². The Morgan fingerprint density at radius 2 is 2.21 bits per heavy atom. The van der Waals surface area contributed by atoms with Crippen LogP contribution in [-0.4, -0.2) is 6.10 Å². The molecule has 0 radical (unpaired) electrons. The Morgan fingerprint density at radius 1 is 1.43 bits per heavy atom. The Balaban J connectivity index is 2.34. The summed E-state index contributed by atoms with van der Waals surface area (Å²) in [6.07, 6.45) is 2.34. The van der Waals surface area contributed by atoms with Crippen molar-refractivity contribution in [2.75, 3.05) is 0 Å². The van der Waals surface area contributed by atoms with E-state index in [4.69, 9.17) is 10.5 Å². The lowest BCUT2D eigenvalue weighted by atomic mass is 10.1. The van der Waals surface area contributed by atoms with E-state index in [0.717, 1.165) is 18.6 Å². The SMILES string of the molecule is CC(C)Oc1cccc2c1CCC2N. The highest BCUT2D eigenvalue weighted by atomic mass is 16.5. The van der Waals surface area contributed by atoms with Crippen molar-refractivity contribution in [2.45, 2.75) is 38.8 Å². The number of rotatable bonds is 2. The van der Waals surface area contributed by atoms with E-state index in [-0.39, 0.29) is 12.1 Å². The van der Waals surface area contributed by atoms with Gasteiger partial charge < -0.3 is 10.5 Å². The van der Waals surface area contributed by atoms with Gasteiger partial charge in [-0.15, -0.1) is 0 Å². The van der Waals surface area contributed by atoms with E-state index in [1.807, 2.05) is 26.0 Å². The van der Waals surface area contributed by atoms with E-state index >= 15 is 0 Å². The van der Waals surface area contributed by atoms with Gasteiger partial charge in [0.25, 0.3) is 0 Å². The maximum absolute atomic E-state index is 5.99. The van der Waals surface area contributed by atoms with Gasteiger partial charge in [-0.3, -0.25) is 0 Å². The molecule has 1 atom stereocenters. The van der Waals surface area contributed by atoms with Gasteiger partial charge in [0.2, 0.25) is 0 Å².